The molecule has 2 aromatic carbocycles. The fourth-order valence-corrected chi connectivity index (χ4v) is 4.47. The molecule has 5 rings (SSSR count). The van der Waals surface area contributed by atoms with E-state index in [1.54, 1.807) is 12.1 Å². The number of nitrogens with zero attached hydrogens (tertiary/aromatic N) is 2. The van der Waals surface area contributed by atoms with Crippen molar-refractivity contribution >= 4 is 22.6 Å². The topological polar surface area (TPSA) is 59.5 Å². The van der Waals surface area contributed by atoms with Crippen LogP contribution in [0.5, 0.6) is 11.5 Å². The van der Waals surface area contributed by atoms with Crippen molar-refractivity contribution in [3.05, 3.63) is 57.7 Å². The van der Waals surface area contributed by atoms with Crippen LogP contribution in [0.3, 0.4) is 0 Å². The quantitative estimate of drug-likeness (QED) is 0.707. The number of benzene rings is 2. The van der Waals surface area contributed by atoms with Crippen molar-refractivity contribution in [3.8, 4) is 11.5 Å². The van der Waals surface area contributed by atoms with E-state index in [0.29, 0.717) is 29.7 Å². The highest BCUT2D eigenvalue weighted by atomic mass is 35.5. The van der Waals surface area contributed by atoms with E-state index in [9.17, 15) is 9.18 Å². The molecule has 2 aliphatic rings. The van der Waals surface area contributed by atoms with Crippen LogP contribution in [0.2, 0.25) is 5.02 Å². The summed E-state index contributed by atoms with van der Waals surface area (Å²) in [4.78, 5) is 17.7. The number of hydrogen-bond donors (Lipinski definition) is 1. The normalized spacial score (nSPS) is 20.3. The lowest BCUT2D eigenvalue weighted by Crippen LogP contribution is -2.45. The number of aromatic nitrogens is 2. The molecule has 6 nitrogen and oxygen atoms in total. The third kappa shape index (κ3) is 3.60. The number of ether oxygens (including phenoxy) is 2. The lowest BCUT2D eigenvalue weighted by molar-refractivity contribution is 0.0482. The molecule has 1 N–H and O–H groups in total. The summed E-state index contributed by atoms with van der Waals surface area (Å²) in [6.07, 6.45) is 1.60. The number of rotatable bonds is 3. The molecule has 152 valence electrons. The van der Waals surface area contributed by atoms with Gasteiger partial charge in [-0.2, -0.15) is 0 Å². The van der Waals surface area contributed by atoms with Gasteiger partial charge in [0, 0.05) is 36.8 Å². The largest absolute Gasteiger partial charge is 0.486 e. The maximum Gasteiger partial charge on any atom is 0.326 e. The van der Waals surface area contributed by atoms with Crippen LogP contribution in [0.25, 0.3) is 11.0 Å². The first kappa shape index (κ1) is 18.5. The molecule has 1 aromatic heterocycles. The van der Waals surface area contributed by atoms with Crippen LogP contribution in [0, 0.1) is 5.82 Å². The van der Waals surface area contributed by atoms with Crippen LogP contribution < -0.4 is 15.2 Å². The third-order valence-electron chi connectivity index (χ3n) is 5.69. The lowest BCUT2D eigenvalue weighted by atomic mass is 10.0. The molecule has 1 unspecified atom stereocenters. The van der Waals surface area contributed by atoms with Crippen LogP contribution in [0.4, 0.5) is 4.39 Å². The molecule has 1 saturated heterocycles. The minimum absolute atomic E-state index is 0.0941. The molecule has 0 saturated carbocycles. The van der Waals surface area contributed by atoms with E-state index in [2.05, 4.69) is 9.88 Å². The summed E-state index contributed by atoms with van der Waals surface area (Å²) in [6.45, 7) is 2.86. The van der Waals surface area contributed by atoms with Gasteiger partial charge in [0.25, 0.3) is 0 Å². The highest BCUT2D eigenvalue weighted by molar-refractivity contribution is 6.31. The molecule has 29 heavy (non-hydrogen) atoms. The SMILES string of the molecule is O=c1[nH]c2cc(Cl)ccc2n1C1CCN(CC2COc3ccc(F)cc3O2)CC1. The number of piperidine rings is 1. The predicted octanol–water partition coefficient (Wildman–Crippen LogP) is 3.60. The lowest BCUT2D eigenvalue weighted by Gasteiger charge is -2.36. The highest BCUT2D eigenvalue weighted by Gasteiger charge is 2.28. The van der Waals surface area contributed by atoms with Gasteiger partial charge in [0.1, 0.15) is 18.5 Å². The summed E-state index contributed by atoms with van der Waals surface area (Å²) in [5.74, 6) is 0.708. The van der Waals surface area contributed by atoms with Crippen molar-refractivity contribution in [3.63, 3.8) is 0 Å². The van der Waals surface area contributed by atoms with Crippen molar-refractivity contribution in [2.24, 2.45) is 0 Å². The summed E-state index contributed by atoms with van der Waals surface area (Å²) >= 11 is 6.04. The molecule has 8 heteroatoms. The van der Waals surface area contributed by atoms with Gasteiger partial charge in [-0.25, -0.2) is 9.18 Å². The zero-order chi connectivity index (χ0) is 20.0. The van der Waals surface area contributed by atoms with Gasteiger partial charge in [0.2, 0.25) is 0 Å². The minimum atomic E-state index is -0.334. The van der Waals surface area contributed by atoms with Crippen molar-refractivity contribution in [1.82, 2.24) is 14.5 Å². The Morgan fingerprint density at radius 1 is 1.14 bits per heavy atom. The number of fused-ring (bicyclic) bond motifs is 2. The van der Waals surface area contributed by atoms with E-state index in [1.807, 2.05) is 16.7 Å². The standard InChI is InChI=1S/C21H21ClFN3O3/c22-13-1-3-18-17(9-13)24-21(27)26(18)15-5-7-25(8-6-15)11-16-12-28-19-4-2-14(23)10-20(19)29-16/h1-4,9-10,15-16H,5-8,11-12H2,(H,24,27). The average Bonchev–Trinajstić information content (AvgIpc) is 3.03. The second-order valence-corrected chi connectivity index (χ2v) is 8.07. The van der Waals surface area contributed by atoms with Gasteiger partial charge in [0.15, 0.2) is 11.5 Å². The van der Waals surface area contributed by atoms with Crippen LogP contribution >= 0.6 is 11.6 Å². The van der Waals surface area contributed by atoms with Gasteiger partial charge < -0.3 is 14.5 Å². The smallest absolute Gasteiger partial charge is 0.326 e. The van der Waals surface area contributed by atoms with E-state index >= 15 is 0 Å². The maximum atomic E-state index is 13.4. The Labute approximate surface area is 171 Å². The second-order valence-electron chi connectivity index (χ2n) is 7.64. The molecule has 3 heterocycles. The van der Waals surface area contributed by atoms with Gasteiger partial charge in [-0.15, -0.1) is 0 Å². The predicted molar refractivity (Wildman–Crippen MR) is 109 cm³/mol. The Morgan fingerprint density at radius 3 is 2.79 bits per heavy atom. The van der Waals surface area contributed by atoms with E-state index < -0.39 is 0 Å². The van der Waals surface area contributed by atoms with E-state index in [1.165, 1.54) is 12.1 Å². The highest BCUT2D eigenvalue weighted by Crippen LogP contribution is 2.33. The zero-order valence-corrected chi connectivity index (χ0v) is 16.5. The van der Waals surface area contributed by atoms with E-state index in [4.69, 9.17) is 21.1 Å². The third-order valence-corrected chi connectivity index (χ3v) is 5.92. The van der Waals surface area contributed by atoms with Gasteiger partial charge in [-0.3, -0.25) is 9.47 Å². The van der Waals surface area contributed by atoms with Crippen LogP contribution in [0.1, 0.15) is 18.9 Å². The Kier molecular flexibility index (Phi) is 4.72. The molecule has 1 fully saturated rings. The van der Waals surface area contributed by atoms with Crippen molar-refractivity contribution < 1.29 is 13.9 Å². The van der Waals surface area contributed by atoms with Gasteiger partial charge in [0.05, 0.1) is 11.0 Å². The maximum absolute atomic E-state index is 13.4. The number of hydrogen-bond acceptors (Lipinski definition) is 4. The van der Waals surface area contributed by atoms with E-state index in [0.717, 1.165) is 37.0 Å². The van der Waals surface area contributed by atoms with Crippen LogP contribution in [0.15, 0.2) is 41.2 Å². The average molecular weight is 418 g/mol. The molecular weight excluding hydrogens is 397 g/mol. The Balaban J connectivity index is 1.24. The summed E-state index contributed by atoms with van der Waals surface area (Å²) in [7, 11) is 0. The Morgan fingerprint density at radius 2 is 1.97 bits per heavy atom. The number of nitrogens with one attached hydrogen (secondary N) is 1. The summed E-state index contributed by atoms with van der Waals surface area (Å²) in [5.41, 5.74) is 1.56. The van der Waals surface area contributed by atoms with Gasteiger partial charge in [-0.1, -0.05) is 11.6 Å². The molecule has 0 amide bonds. The number of imidazole rings is 1. The number of aromatic amines is 1. The molecule has 3 aromatic rings. The first-order chi connectivity index (χ1) is 14.1. The first-order valence-corrected chi connectivity index (χ1v) is 10.2. The van der Waals surface area contributed by atoms with Crippen molar-refractivity contribution in [1.29, 1.82) is 0 Å². The minimum Gasteiger partial charge on any atom is -0.486 e. The van der Waals surface area contributed by atoms with Crippen LogP contribution in [-0.4, -0.2) is 46.8 Å². The summed E-state index contributed by atoms with van der Waals surface area (Å²) in [5, 5.41) is 0.608. The molecular formula is C21H21ClFN3O3. The number of halogens is 2. The van der Waals surface area contributed by atoms with Crippen molar-refractivity contribution in [2.75, 3.05) is 26.2 Å². The molecule has 0 spiro atoms. The molecule has 0 radical (unpaired) electrons. The fraction of sp³-hybridized carbons (Fsp3) is 0.381. The number of H-pyrrole nitrogens is 1. The van der Waals surface area contributed by atoms with Crippen molar-refractivity contribution in [2.45, 2.75) is 25.0 Å². The second kappa shape index (κ2) is 7.39. The molecule has 0 aliphatic carbocycles. The van der Waals surface area contributed by atoms with E-state index in [-0.39, 0.29) is 23.7 Å². The molecule has 2 aliphatic heterocycles. The summed E-state index contributed by atoms with van der Waals surface area (Å²) in [6, 6.07) is 9.96. The Bertz CT molecular complexity index is 1100. The zero-order valence-electron chi connectivity index (χ0n) is 15.7. The molecule has 0 bridgehead atoms. The molecule has 1 atom stereocenters. The van der Waals surface area contributed by atoms with Gasteiger partial charge in [-0.05, 0) is 43.2 Å². The number of likely N-dealkylation sites (tertiary alicyclic amines) is 1. The van der Waals surface area contributed by atoms with Gasteiger partial charge >= 0.3 is 5.69 Å². The first-order valence-electron chi connectivity index (χ1n) is 9.78. The summed E-state index contributed by atoms with van der Waals surface area (Å²) < 4.78 is 26.9. The fourth-order valence-electron chi connectivity index (χ4n) is 4.29. The van der Waals surface area contributed by atoms with Crippen LogP contribution in [-0.2, 0) is 0 Å². The Hall–Kier alpha value is -2.51. The monoisotopic (exact) mass is 417 g/mol.